The van der Waals surface area contributed by atoms with E-state index in [0.717, 1.165) is 16.6 Å². The number of carbonyl (C=O) groups excluding carboxylic acids is 1. The van der Waals surface area contributed by atoms with E-state index in [2.05, 4.69) is 27.8 Å². The van der Waals surface area contributed by atoms with Crippen LogP contribution < -0.4 is 10.6 Å². The number of nitrogens with one attached hydrogen (secondary N) is 2. The van der Waals surface area contributed by atoms with Crippen LogP contribution in [0.3, 0.4) is 0 Å². The summed E-state index contributed by atoms with van der Waals surface area (Å²) in [7, 11) is 1.63. The van der Waals surface area contributed by atoms with Crippen LogP contribution in [-0.4, -0.2) is 24.5 Å². The molecular formula is C14H17N3O. The van der Waals surface area contributed by atoms with Crippen molar-refractivity contribution < 1.29 is 4.79 Å². The van der Waals surface area contributed by atoms with Gasteiger partial charge in [-0.05, 0) is 24.6 Å². The summed E-state index contributed by atoms with van der Waals surface area (Å²) in [5.74, 6) is -0.00918. The standard InChI is InChI=1S/C14H17N3O/c1-10-7-11(8-16-9-14(18)15-2)12-5-3-4-6-13(12)17-10/h3-7,16H,8-9H2,1-2H3,(H,15,18). The fourth-order valence-corrected chi connectivity index (χ4v) is 1.94. The van der Waals surface area contributed by atoms with Crippen LogP contribution in [0.15, 0.2) is 30.3 Å². The third-order valence-electron chi connectivity index (χ3n) is 2.81. The van der Waals surface area contributed by atoms with Crippen LogP contribution in [0.2, 0.25) is 0 Å². The minimum absolute atomic E-state index is 0.00918. The Morgan fingerprint density at radius 1 is 1.33 bits per heavy atom. The van der Waals surface area contributed by atoms with Gasteiger partial charge in [-0.1, -0.05) is 18.2 Å². The zero-order valence-electron chi connectivity index (χ0n) is 10.7. The first-order valence-electron chi connectivity index (χ1n) is 5.97. The molecule has 0 fully saturated rings. The van der Waals surface area contributed by atoms with Crippen molar-refractivity contribution in [3.8, 4) is 0 Å². The number of amides is 1. The van der Waals surface area contributed by atoms with Crippen LogP contribution in [0, 0.1) is 6.92 Å². The topological polar surface area (TPSA) is 54.0 Å². The van der Waals surface area contributed by atoms with Crippen molar-refractivity contribution in [2.75, 3.05) is 13.6 Å². The maximum Gasteiger partial charge on any atom is 0.233 e. The normalized spacial score (nSPS) is 10.6. The molecule has 0 saturated heterocycles. The van der Waals surface area contributed by atoms with Gasteiger partial charge in [-0.2, -0.15) is 0 Å². The molecule has 4 nitrogen and oxygen atoms in total. The van der Waals surface area contributed by atoms with E-state index in [0.29, 0.717) is 13.1 Å². The van der Waals surface area contributed by atoms with Gasteiger partial charge in [0.1, 0.15) is 0 Å². The summed E-state index contributed by atoms with van der Waals surface area (Å²) in [5, 5.41) is 6.85. The van der Waals surface area contributed by atoms with Crippen molar-refractivity contribution in [1.82, 2.24) is 15.6 Å². The van der Waals surface area contributed by atoms with Gasteiger partial charge in [0, 0.05) is 24.7 Å². The van der Waals surface area contributed by atoms with Gasteiger partial charge in [0.2, 0.25) is 5.91 Å². The largest absolute Gasteiger partial charge is 0.358 e. The van der Waals surface area contributed by atoms with Gasteiger partial charge in [-0.3, -0.25) is 9.78 Å². The lowest BCUT2D eigenvalue weighted by Crippen LogP contribution is -2.31. The molecule has 94 valence electrons. The van der Waals surface area contributed by atoms with Crippen LogP contribution >= 0.6 is 0 Å². The molecule has 18 heavy (non-hydrogen) atoms. The number of pyridine rings is 1. The van der Waals surface area contributed by atoms with Crippen molar-refractivity contribution in [1.29, 1.82) is 0 Å². The maximum absolute atomic E-state index is 11.1. The van der Waals surface area contributed by atoms with Crippen molar-refractivity contribution in [2.24, 2.45) is 0 Å². The molecule has 4 heteroatoms. The van der Waals surface area contributed by atoms with E-state index in [1.165, 1.54) is 5.56 Å². The summed E-state index contributed by atoms with van der Waals surface area (Å²) in [6, 6.07) is 10.1. The van der Waals surface area contributed by atoms with Crippen molar-refractivity contribution >= 4 is 16.8 Å². The second kappa shape index (κ2) is 5.60. The number of carbonyl (C=O) groups is 1. The predicted molar refractivity (Wildman–Crippen MR) is 72.3 cm³/mol. The number of benzene rings is 1. The lowest BCUT2D eigenvalue weighted by molar-refractivity contribution is -0.119. The molecule has 0 spiro atoms. The average molecular weight is 243 g/mol. The van der Waals surface area contributed by atoms with Crippen LogP contribution in [0.25, 0.3) is 10.9 Å². The number of para-hydroxylation sites is 1. The maximum atomic E-state index is 11.1. The quantitative estimate of drug-likeness (QED) is 0.853. The third kappa shape index (κ3) is 2.84. The number of likely N-dealkylation sites (N-methyl/N-ethyl adjacent to an activating group) is 1. The third-order valence-corrected chi connectivity index (χ3v) is 2.81. The first-order valence-corrected chi connectivity index (χ1v) is 5.97. The van der Waals surface area contributed by atoms with E-state index in [4.69, 9.17) is 0 Å². The summed E-state index contributed by atoms with van der Waals surface area (Å²) < 4.78 is 0. The predicted octanol–water partition coefficient (Wildman–Crippen LogP) is 1.38. The van der Waals surface area contributed by atoms with Gasteiger partial charge in [0.25, 0.3) is 0 Å². The van der Waals surface area contributed by atoms with Crippen LogP contribution in [0.5, 0.6) is 0 Å². The Kier molecular flexibility index (Phi) is 3.89. The minimum Gasteiger partial charge on any atom is -0.358 e. The number of hydrogen-bond acceptors (Lipinski definition) is 3. The zero-order valence-corrected chi connectivity index (χ0v) is 10.7. The lowest BCUT2D eigenvalue weighted by atomic mass is 10.1. The van der Waals surface area contributed by atoms with Crippen molar-refractivity contribution in [2.45, 2.75) is 13.5 Å². The van der Waals surface area contributed by atoms with Gasteiger partial charge in [-0.15, -0.1) is 0 Å². The van der Waals surface area contributed by atoms with E-state index in [1.54, 1.807) is 7.05 Å². The Labute approximate surface area is 106 Å². The van der Waals surface area contributed by atoms with Crippen LogP contribution in [0.1, 0.15) is 11.3 Å². The first-order chi connectivity index (χ1) is 8.70. The summed E-state index contributed by atoms with van der Waals surface area (Å²) in [6.07, 6.45) is 0. The van der Waals surface area contributed by atoms with Gasteiger partial charge in [0.05, 0.1) is 12.1 Å². The molecule has 0 atom stereocenters. The molecule has 0 radical (unpaired) electrons. The fraction of sp³-hybridized carbons (Fsp3) is 0.286. The van der Waals surface area contributed by atoms with Crippen molar-refractivity contribution in [3.63, 3.8) is 0 Å². The summed E-state index contributed by atoms with van der Waals surface area (Å²) in [4.78, 5) is 15.6. The number of rotatable bonds is 4. The highest BCUT2D eigenvalue weighted by molar-refractivity contribution is 5.82. The second-order valence-electron chi connectivity index (χ2n) is 4.22. The molecule has 1 aromatic heterocycles. The van der Waals surface area contributed by atoms with Crippen LogP contribution in [0.4, 0.5) is 0 Å². The number of aromatic nitrogens is 1. The van der Waals surface area contributed by atoms with Gasteiger partial charge in [0.15, 0.2) is 0 Å². The van der Waals surface area contributed by atoms with E-state index in [-0.39, 0.29) is 5.91 Å². The zero-order chi connectivity index (χ0) is 13.0. The molecule has 1 amide bonds. The molecule has 2 aromatic rings. The molecule has 0 aliphatic rings. The molecule has 0 aliphatic heterocycles. The lowest BCUT2D eigenvalue weighted by Gasteiger charge is -2.08. The molecule has 0 aliphatic carbocycles. The summed E-state index contributed by atoms with van der Waals surface area (Å²) >= 11 is 0. The molecule has 1 aromatic carbocycles. The highest BCUT2D eigenvalue weighted by Crippen LogP contribution is 2.17. The van der Waals surface area contributed by atoms with Gasteiger partial charge >= 0.3 is 0 Å². The number of hydrogen-bond donors (Lipinski definition) is 2. The highest BCUT2D eigenvalue weighted by atomic mass is 16.1. The van der Waals surface area contributed by atoms with Gasteiger partial charge < -0.3 is 10.6 Å². The molecule has 0 bridgehead atoms. The minimum atomic E-state index is -0.00918. The monoisotopic (exact) mass is 243 g/mol. The summed E-state index contributed by atoms with van der Waals surface area (Å²) in [6.45, 7) is 2.97. The number of aryl methyl sites for hydroxylation is 1. The summed E-state index contributed by atoms with van der Waals surface area (Å²) in [5.41, 5.74) is 3.15. The number of nitrogens with zero attached hydrogens (tertiary/aromatic N) is 1. The van der Waals surface area contributed by atoms with Crippen LogP contribution in [-0.2, 0) is 11.3 Å². The SMILES string of the molecule is CNC(=O)CNCc1cc(C)nc2ccccc12. The Balaban J connectivity index is 2.19. The Bertz CT molecular complexity index is 566. The molecular weight excluding hydrogens is 226 g/mol. The first kappa shape index (κ1) is 12.5. The molecule has 1 heterocycles. The number of fused-ring (bicyclic) bond motifs is 1. The Morgan fingerprint density at radius 3 is 2.89 bits per heavy atom. The smallest absolute Gasteiger partial charge is 0.233 e. The Hall–Kier alpha value is -1.94. The molecule has 2 N–H and O–H groups in total. The Morgan fingerprint density at radius 2 is 2.11 bits per heavy atom. The van der Waals surface area contributed by atoms with E-state index in [9.17, 15) is 4.79 Å². The highest BCUT2D eigenvalue weighted by Gasteiger charge is 2.04. The fourth-order valence-electron chi connectivity index (χ4n) is 1.94. The van der Waals surface area contributed by atoms with Crippen molar-refractivity contribution in [3.05, 3.63) is 41.6 Å². The van der Waals surface area contributed by atoms with E-state index < -0.39 is 0 Å². The van der Waals surface area contributed by atoms with Gasteiger partial charge in [-0.25, -0.2) is 0 Å². The van der Waals surface area contributed by atoms with E-state index >= 15 is 0 Å². The average Bonchev–Trinajstić information content (AvgIpc) is 2.38. The van der Waals surface area contributed by atoms with E-state index in [1.807, 2.05) is 25.1 Å². The molecule has 0 unspecified atom stereocenters. The molecule has 2 rings (SSSR count). The molecule has 0 saturated carbocycles. The second-order valence-corrected chi connectivity index (χ2v) is 4.22.